The lowest BCUT2D eigenvalue weighted by Gasteiger charge is -2.14. The number of unbranched alkanes of at least 4 members (excludes halogenated alkanes) is 8. The van der Waals surface area contributed by atoms with Crippen molar-refractivity contribution in [1.82, 2.24) is 4.90 Å². The first-order valence-corrected chi connectivity index (χ1v) is 10.4. The third kappa shape index (κ3) is 11.5. The van der Waals surface area contributed by atoms with Crippen molar-refractivity contribution in [3.63, 3.8) is 0 Å². The molecule has 138 valence electrons. The van der Waals surface area contributed by atoms with Gasteiger partial charge in [-0.1, -0.05) is 50.5 Å². The lowest BCUT2D eigenvalue weighted by Crippen LogP contribution is -2.27. The molecule has 1 aliphatic heterocycles. The van der Waals surface area contributed by atoms with Gasteiger partial charge in [0.1, 0.15) is 0 Å². The summed E-state index contributed by atoms with van der Waals surface area (Å²) in [6.45, 7) is 4.19. The normalized spacial score (nSPS) is 15.1. The average Bonchev–Trinajstić information content (AvgIpc) is 3.13. The molecule has 0 N–H and O–H groups in total. The summed E-state index contributed by atoms with van der Waals surface area (Å²) in [6.07, 6.45) is 26.1. The van der Waals surface area contributed by atoms with E-state index in [9.17, 15) is 4.79 Å². The molecule has 0 aromatic carbocycles. The molecule has 1 aliphatic rings. The Morgan fingerprint density at radius 1 is 0.750 bits per heavy atom. The highest BCUT2D eigenvalue weighted by atomic mass is 16.2. The molecule has 1 heterocycles. The first kappa shape index (κ1) is 21.0. The fraction of sp³-hybridized carbons (Fsp3) is 0.773. The van der Waals surface area contributed by atoms with Gasteiger partial charge in [0.05, 0.1) is 0 Å². The predicted octanol–water partition coefficient (Wildman–Crippen LogP) is 6.42. The van der Waals surface area contributed by atoms with Crippen molar-refractivity contribution >= 4 is 5.91 Å². The van der Waals surface area contributed by atoms with Gasteiger partial charge in [0.2, 0.25) is 5.91 Å². The van der Waals surface area contributed by atoms with Crippen molar-refractivity contribution in [1.29, 1.82) is 0 Å². The number of rotatable bonds is 14. The van der Waals surface area contributed by atoms with Gasteiger partial charge in [-0.3, -0.25) is 4.79 Å². The summed E-state index contributed by atoms with van der Waals surface area (Å²) in [4.78, 5) is 13.9. The molecule has 0 atom stereocenters. The van der Waals surface area contributed by atoms with Crippen molar-refractivity contribution < 1.29 is 4.79 Å². The van der Waals surface area contributed by atoms with Crippen molar-refractivity contribution in [3.05, 3.63) is 24.3 Å². The number of carbonyl (C=O) groups excluding carboxylic acids is 1. The lowest BCUT2D eigenvalue weighted by atomic mass is 10.1. The van der Waals surface area contributed by atoms with Crippen LogP contribution in [0.15, 0.2) is 24.3 Å². The summed E-state index contributed by atoms with van der Waals surface area (Å²) >= 11 is 0. The zero-order valence-electron chi connectivity index (χ0n) is 16.0. The molecule has 0 radical (unpaired) electrons. The fourth-order valence-electron chi connectivity index (χ4n) is 3.24. The number of allylic oxidation sites excluding steroid dienone is 4. The van der Waals surface area contributed by atoms with Crippen molar-refractivity contribution in [2.45, 2.75) is 96.8 Å². The van der Waals surface area contributed by atoms with Crippen LogP contribution in [0.4, 0.5) is 0 Å². The molecule has 0 aromatic heterocycles. The molecule has 1 rings (SSSR count). The van der Waals surface area contributed by atoms with E-state index in [1.54, 1.807) is 0 Å². The number of likely N-dealkylation sites (tertiary alicyclic amines) is 1. The van der Waals surface area contributed by atoms with E-state index in [4.69, 9.17) is 0 Å². The van der Waals surface area contributed by atoms with E-state index in [0.29, 0.717) is 5.91 Å². The van der Waals surface area contributed by atoms with Gasteiger partial charge in [0.25, 0.3) is 0 Å². The summed E-state index contributed by atoms with van der Waals surface area (Å²) in [5, 5.41) is 0. The molecule has 0 saturated carbocycles. The van der Waals surface area contributed by atoms with Gasteiger partial charge < -0.3 is 4.90 Å². The molecule has 0 spiro atoms. The zero-order valence-corrected chi connectivity index (χ0v) is 16.0. The summed E-state index contributed by atoms with van der Waals surface area (Å²) in [7, 11) is 0. The second-order valence-corrected chi connectivity index (χ2v) is 7.03. The van der Waals surface area contributed by atoms with Gasteiger partial charge in [-0.2, -0.15) is 0 Å². The Balaban J connectivity index is 1.79. The van der Waals surface area contributed by atoms with Crippen LogP contribution in [0.25, 0.3) is 0 Å². The van der Waals surface area contributed by atoms with Crippen LogP contribution in [0.1, 0.15) is 96.8 Å². The molecule has 2 nitrogen and oxygen atoms in total. The lowest BCUT2D eigenvalue weighted by molar-refractivity contribution is -0.130. The Labute approximate surface area is 150 Å². The van der Waals surface area contributed by atoms with E-state index in [1.165, 1.54) is 70.6 Å². The third-order valence-electron chi connectivity index (χ3n) is 4.78. The minimum Gasteiger partial charge on any atom is -0.343 e. The second-order valence-electron chi connectivity index (χ2n) is 7.03. The quantitative estimate of drug-likeness (QED) is 0.265. The predicted molar refractivity (Wildman–Crippen MR) is 105 cm³/mol. The van der Waals surface area contributed by atoms with Gasteiger partial charge >= 0.3 is 0 Å². The third-order valence-corrected chi connectivity index (χ3v) is 4.78. The average molecular weight is 334 g/mol. The molecule has 0 aromatic rings. The van der Waals surface area contributed by atoms with Crippen LogP contribution in [-0.2, 0) is 4.79 Å². The van der Waals surface area contributed by atoms with Gasteiger partial charge in [0.15, 0.2) is 0 Å². The van der Waals surface area contributed by atoms with Crippen LogP contribution in [0.3, 0.4) is 0 Å². The van der Waals surface area contributed by atoms with Crippen LogP contribution in [0.2, 0.25) is 0 Å². The van der Waals surface area contributed by atoms with Crippen LogP contribution < -0.4 is 0 Å². The van der Waals surface area contributed by atoms with Crippen molar-refractivity contribution in [2.75, 3.05) is 13.1 Å². The molecule has 24 heavy (non-hydrogen) atoms. The number of nitrogens with zero attached hydrogens (tertiary/aromatic N) is 1. The Bertz CT molecular complexity index is 353. The molecular weight excluding hydrogens is 294 g/mol. The Morgan fingerprint density at radius 3 is 1.88 bits per heavy atom. The summed E-state index contributed by atoms with van der Waals surface area (Å²) in [5.41, 5.74) is 0. The van der Waals surface area contributed by atoms with E-state index >= 15 is 0 Å². The molecule has 2 heteroatoms. The second kappa shape index (κ2) is 15.5. The van der Waals surface area contributed by atoms with Crippen LogP contribution >= 0.6 is 0 Å². The van der Waals surface area contributed by atoms with Gasteiger partial charge in [-0.15, -0.1) is 0 Å². The Morgan fingerprint density at radius 2 is 1.25 bits per heavy atom. The number of hydrogen-bond acceptors (Lipinski definition) is 1. The fourth-order valence-corrected chi connectivity index (χ4v) is 3.24. The molecule has 0 aliphatic carbocycles. The highest BCUT2D eigenvalue weighted by Gasteiger charge is 2.16. The number of amides is 1. The molecular formula is C22H39NO. The first-order chi connectivity index (χ1) is 11.8. The monoisotopic (exact) mass is 333 g/mol. The summed E-state index contributed by atoms with van der Waals surface area (Å²) in [6, 6.07) is 0. The van der Waals surface area contributed by atoms with Crippen molar-refractivity contribution in [2.24, 2.45) is 0 Å². The minimum absolute atomic E-state index is 0.389. The van der Waals surface area contributed by atoms with Crippen molar-refractivity contribution in [3.8, 4) is 0 Å². The Hall–Kier alpha value is -1.05. The smallest absolute Gasteiger partial charge is 0.222 e. The zero-order chi connectivity index (χ0) is 17.3. The van der Waals surface area contributed by atoms with Gasteiger partial charge in [-0.05, 0) is 64.2 Å². The maximum atomic E-state index is 11.9. The van der Waals surface area contributed by atoms with Gasteiger partial charge in [0, 0.05) is 19.5 Å². The van der Waals surface area contributed by atoms with E-state index in [1.807, 2.05) is 4.90 Å². The molecule has 0 unspecified atom stereocenters. The van der Waals surface area contributed by atoms with E-state index < -0.39 is 0 Å². The number of hydrogen-bond donors (Lipinski definition) is 0. The van der Waals surface area contributed by atoms with E-state index in [0.717, 1.165) is 32.4 Å². The maximum Gasteiger partial charge on any atom is 0.222 e. The first-order valence-electron chi connectivity index (χ1n) is 10.4. The Kier molecular flexibility index (Phi) is 13.5. The largest absolute Gasteiger partial charge is 0.343 e. The molecule has 1 fully saturated rings. The maximum absolute atomic E-state index is 11.9. The van der Waals surface area contributed by atoms with Crippen LogP contribution in [0.5, 0.6) is 0 Å². The van der Waals surface area contributed by atoms with E-state index in [-0.39, 0.29) is 0 Å². The number of carbonyl (C=O) groups is 1. The minimum atomic E-state index is 0.389. The van der Waals surface area contributed by atoms with Crippen LogP contribution in [0, 0.1) is 0 Å². The summed E-state index contributed by atoms with van der Waals surface area (Å²) in [5.74, 6) is 0.389. The molecule has 1 saturated heterocycles. The highest BCUT2D eigenvalue weighted by Crippen LogP contribution is 2.13. The van der Waals surface area contributed by atoms with Crippen LogP contribution in [-0.4, -0.2) is 23.9 Å². The topological polar surface area (TPSA) is 20.3 Å². The van der Waals surface area contributed by atoms with E-state index in [2.05, 4.69) is 31.2 Å². The SMILES string of the molecule is CC/C=C/CCCC/C=C/CCCCCCCC(=O)N1CCCC1. The molecule has 1 amide bonds. The highest BCUT2D eigenvalue weighted by molar-refractivity contribution is 5.76. The van der Waals surface area contributed by atoms with Gasteiger partial charge in [-0.25, -0.2) is 0 Å². The molecule has 0 bridgehead atoms. The summed E-state index contributed by atoms with van der Waals surface area (Å²) < 4.78 is 0. The standard InChI is InChI=1S/C22H39NO/c1-2-3-4-5-6-7-8-9-10-11-12-13-14-15-16-19-22(24)23-20-17-18-21-23/h3-4,9-10H,2,5-8,11-21H2,1H3/b4-3+,10-9+.